The Bertz CT molecular complexity index is 476. The molecule has 0 aromatic heterocycles. The van der Waals surface area contributed by atoms with Gasteiger partial charge in [0.05, 0.1) is 25.0 Å². The van der Waals surface area contributed by atoms with E-state index in [-0.39, 0.29) is 35.9 Å². The Kier molecular flexibility index (Phi) is 6.23. The number of nitrogens with two attached hydrogens (primary N) is 2. The van der Waals surface area contributed by atoms with Crippen molar-refractivity contribution in [3.63, 3.8) is 0 Å². The highest BCUT2D eigenvalue weighted by atomic mass is 16.5. The molecule has 8 atom stereocenters. The number of fused-ring (bicyclic) bond motifs is 4. The monoisotopic (exact) mass is 366 g/mol. The van der Waals surface area contributed by atoms with Gasteiger partial charge in [0.2, 0.25) is 0 Å². The van der Waals surface area contributed by atoms with E-state index in [1.165, 1.54) is 25.7 Å². The fourth-order valence-electron chi connectivity index (χ4n) is 5.85. The van der Waals surface area contributed by atoms with Gasteiger partial charge in [0.25, 0.3) is 0 Å². The molecule has 0 spiro atoms. The second-order valence-electron chi connectivity index (χ2n) is 8.38. The Morgan fingerprint density at radius 3 is 1.35 bits per heavy atom. The van der Waals surface area contributed by atoms with Gasteiger partial charge in [-0.3, -0.25) is 9.59 Å². The summed E-state index contributed by atoms with van der Waals surface area (Å²) in [4.78, 5) is 23.1. The maximum absolute atomic E-state index is 11.5. The summed E-state index contributed by atoms with van der Waals surface area (Å²) in [6.07, 6.45) is 7.04. The minimum Gasteiger partial charge on any atom is -0.466 e. The predicted octanol–water partition coefficient (Wildman–Crippen LogP) is 1.85. The smallest absolute Gasteiger partial charge is 0.310 e. The number of hydrogen-bond donors (Lipinski definition) is 2. The van der Waals surface area contributed by atoms with Crippen molar-refractivity contribution in [3.05, 3.63) is 0 Å². The first-order valence-electron chi connectivity index (χ1n) is 10.3. The Morgan fingerprint density at radius 2 is 1.08 bits per heavy atom. The molecule has 6 nitrogen and oxygen atoms in total. The summed E-state index contributed by atoms with van der Waals surface area (Å²) < 4.78 is 10.1. The van der Waals surface area contributed by atoms with E-state index >= 15 is 0 Å². The second kappa shape index (κ2) is 8.26. The molecule has 4 aliphatic rings. The van der Waals surface area contributed by atoms with Gasteiger partial charge >= 0.3 is 11.9 Å². The molecule has 26 heavy (non-hydrogen) atoms. The quantitative estimate of drug-likeness (QED) is 0.736. The zero-order valence-corrected chi connectivity index (χ0v) is 16.1. The molecule has 0 amide bonds. The minimum atomic E-state index is -0.0674. The van der Waals surface area contributed by atoms with Crippen LogP contribution < -0.4 is 11.5 Å². The Hall–Kier alpha value is -1.14. The van der Waals surface area contributed by atoms with Crippen LogP contribution >= 0.6 is 0 Å². The van der Waals surface area contributed by atoms with Crippen LogP contribution in [-0.4, -0.2) is 37.2 Å². The summed E-state index contributed by atoms with van der Waals surface area (Å²) in [5.74, 6) is 2.05. The number of rotatable bonds is 4. The number of carbonyl (C=O) groups excluding carboxylic acids is 2. The maximum atomic E-state index is 11.5. The van der Waals surface area contributed by atoms with Crippen molar-refractivity contribution in [2.75, 3.05) is 13.2 Å². The predicted molar refractivity (Wildman–Crippen MR) is 97.9 cm³/mol. The fraction of sp³-hybridized carbons (Fsp3) is 0.900. The molecular formula is C20H34N2O4. The summed E-state index contributed by atoms with van der Waals surface area (Å²) in [6, 6.07) is 0.135. The summed E-state index contributed by atoms with van der Waals surface area (Å²) in [5.41, 5.74) is 12.0. The van der Waals surface area contributed by atoms with E-state index in [2.05, 4.69) is 0 Å². The highest BCUT2D eigenvalue weighted by molar-refractivity contribution is 5.75. The lowest BCUT2D eigenvalue weighted by Crippen LogP contribution is -2.41. The van der Waals surface area contributed by atoms with Crippen molar-refractivity contribution in [1.82, 2.24) is 0 Å². The molecule has 0 aromatic carbocycles. The highest BCUT2D eigenvalue weighted by Gasteiger charge is 2.50. The molecule has 4 saturated carbocycles. The normalized spacial score (nSPS) is 42.3. The van der Waals surface area contributed by atoms with Crippen LogP contribution in [0.4, 0.5) is 0 Å². The van der Waals surface area contributed by atoms with Gasteiger partial charge in [-0.1, -0.05) is 0 Å². The molecule has 4 fully saturated rings. The Balaban J connectivity index is 0.000000151. The first kappa shape index (κ1) is 19.6. The van der Waals surface area contributed by atoms with E-state index in [0.29, 0.717) is 36.9 Å². The van der Waals surface area contributed by atoms with Crippen molar-refractivity contribution in [1.29, 1.82) is 0 Å². The van der Waals surface area contributed by atoms with Crippen molar-refractivity contribution in [2.45, 2.75) is 64.5 Å². The summed E-state index contributed by atoms with van der Waals surface area (Å²) in [5, 5.41) is 0. The van der Waals surface area contributed by atoms with E-state index in [4.69, 9.17) is 20.9 Å². The molecule has 4 N–H and O–H groups in total. The van der Waals surface area contributed by atoms with Gasteiger partial charge in [0.1, 0.15) is 0 Å². The molecule has 148 valence electrons. The molecule has 0 unspecified atom stereocenters. The van der Waals surface area contributed by atoms with Gasteiger partial charge in [-0.25, -0.2) is 0 Å². The summed E-state index contributed by atoms with van der Waals surface area (Å²) in [6.45, 7) is 4.63. The molecule has 0 heterocycles. The van der Waals surface area contributed by atoms with Crippen molar-refractivity contribution in [2.24, 2.45) is 47.0 Å². The van der Waals surface area contributed by atoms with Crippen LogP contribution in [0.1, 0.15) is 52.4 Å². The zero-order chi connectivity index (χ0) is 18.8. The SMILES string of the molecule is CCOC(=O)[C@@H]1[C@H]2CC[C@H](C2)[C@@H]1N.CCOC(=O)[C@H]1[C@@H]2CC[C@@H](C2)[C@H]1N. The van der Waals surface area contributed by atoms with E-state index in [1.54, 1.807) is 0 Å². The number of esters is 2. The first-order valence-corrected chi connectivity index (χ1v) is 10.3. The first-order chi connectivity index (χ1) is 12.5. The van der Waals surface area contributed by atoms with Crippen molar-refractivity contribution in [3.8, 4) is 0 Å². The average Bonchev–Trinajstić information content (AvgIpc) is 3.36. The number of carbonyl (C=O) groups is 2. The molecule has 0 saturated heterocycles. The topological polar surface area (TPSA) is 105 Å². The molecule has 4 aliphatic carbocycles. The fourth-order valence-corrected chi connectivity index (χ4v) is 5.85. The molecular weight excluding hydrogens is 332 g/mol. The molecule has 0 radical (unpaired) electrons. The largest absolute Gasteiger partial charge is 0.466 e. The molecule has 0 aliphatic heterocycles. The van der Waals surface area contributed by atoms with Crippen LogP contribution in [0, 0.1) is 35.5 Å². The highest BCUT2D eigenvalue weighted by Crippen LogP contribution is 2.48. The Labute approximate surface area is 156 Å². The molecule has 0 aromatic rings. The third-order valence-corrected chi connectivity index (χ3v) is 7.08. The van der Waals surface area contributed by atoms with Crippen molar-refractivity contribution < 1.29 is 19.1 Å². The van der Waals surface area contributed by atoms with Crippen LogP contribution in [0.25, 0.3) is 0 Å². The average molecular weight is 367 g/mol. The van der Waals surface area contributed by atoms with E-state index in [0.717, 1.165) is 12.8 Å². The van der Waals surface area contributed by atoms with E-state index < -0.39 is 0 Å². The summed E-state index contributed by atoms with van der Waals surface area (Å²) >= 11 is 0. The molecule has 4 bridgehead atoms. The number of hydrogen-bond acceptors (Lipinski definition) is 6. The maximum Gasteiger partial charge on any atom is 0.310 e. The van der Waals surface area contributed by atoms with Crippen LogP contribution in [0.15, 0.2) is 0 Å². The molecule has 4 rings (SSSR count). The second-order valence-corrected chi connectivity index (χ2v) is 8.38. The van der Waals surface area contributed by atoms with Gasteiger partial charge in [0.15, 0.2) is 0 Å². The van der Waals surface area contributed by atoms with E-state index in [1.807, 2.05) is 13.8 Å². The lowest BCUT2D eigenvalue weighted by Gasteiger charge is -2.25. The molecule has 6 heteroatoms. The van der Waals surface area contributed by atoms with Crippen LogP contribution in [0.5, 0.6) is 0 Å². The van der Waals surface area contributed by atoms with Crippen LogP contribution in [0.3, 0.4) is 0 Å². The summed E-state index contributed by atoms with van der Waals surface area (Å²) in [7, 11) is 0. The standard InChI is InChI=1S/2C10H17NO2/c2*1-2-13-10(12)8-6-3-4-7(5-6)9(8)11/h2*6-9H,2-5,11H2,1H3/t2*6-,7+,8+,9-/m10/s1. The van der Waals surface area contributed by atoms with Gasteiger partial charge in [0, 0.05) is 12.1 Å². The van der Waals surface area contributed by atoms with Gasteiger partial charge in [-0.15, -0.1) is 0 Å². The number of ether oxygens (including phenoxy) is 2. The van der Waals surface area contributed by atoms with Gasteiger partial charge < -0.3 is 20.9 Å². The third kappa shape index (κ3) is 3.63. The Morgan fingerprint density at radius 1 is 0.731 bits per heavy atom. The third-order valence-electron chi connectivity index (χ3n) is 7.08. The van der Waals surface area contributed by atoms with E-state index in [9.17, 15) is 9.59 Å². The lowest BCUT2D eigenvalue weighted by molar-refractivity contribution is -0.151. The van der Waals surface area contributed by atoms with Crippen molar-refractivity contribution >= 4 is 11.9 Å². The minimum absolute atomic E-state index is 0.00120. The zero-order valence-electron chi connectivity index (χ0n) is 16.1. The van der Waals surface area contributed by atoms with Gasteiger partial charge in [-0.2, -0.15) is 0 Å². The lowest BCUT2D eigenvalue weighted by atomic mass is 9.85. The van der Waals surface area contributed by atoms with Crippen LogP contribution in [-0.2, 0) is 19.1 Å². The van der Waals surface area contributed by atoms with Crippen LogP contribution in [0.2, 0.25) is 0 Å². The van der Waals surface area contributed by atoms with Gasteiger partial charge in [-0.05, 0) is 76.0 Å².